The third-order valence-electron chi connectivity index (χ3n) is 4.95. The van der Waals surface area contributed by atoms with E-state index in [2.05, 4.69) is 91.1 Å². The van der Waals surface area contributed by atoms with Crippen LogP contribution in [-0.2, 0) is 5.54 Å². The predicted molar refractivity (Wildman–Crippen MR) is 106 cm³/mol. The van der Waals surface area contributed by atoms with Gasteiger partial charge in [-0.2, -0.15) is 0 Å². The van der Waals surface area contributed by atoms with Gasteiger partial charge in [0.15, 0.2) is 0 Å². The van der Waals surface area contributed by atoms with Gasteiger partial charge in [-0.1, -0.05) is 72.8 Å². The largest absolute Gasteiger partial charge is 0.374 e. The number of hydrogen-bond donors (Lipinski definition) is 1. The van der Waals surface area contributed by atoms with Gasteiger partial charge in [-0.05, 0) is 43.0 Å². The van der Waals surface area contributed by atoms with Gasteiger partial charge in [0, 0.05) is 5.71 Å². The summed E-state index contributed by atoms with van der Waals surface area (Å²) in [5, 5.41) is 3.76. The van der Waals surface area contributed by atoms with Crippen molar-refractivity contribution in [1.29, 1.82) is 0 Å². The first-order valence-corrected chi connectivity index (χ1v) is 8.80. The van der Waals surface area contributed by atoms with Gasteiger partial charge >= 0.3 is 0 Å². The molecule has 1 heterocycles. The summed E-state index contributed by atoms with van der Waals surface area (Å²) in [4.78, 5) is 4.98. The van der Waals surface area contributed by atoms with E-state index in [4.69, 9.17) is 4.99 Å². The number of nitrogens with zero attached hydrogens (tertiary/aromatic N) is 1. The molecule has 1 aliphatic rings. The molecule has 0 fully saturated rings. The quantitative estimate of drug-likeness (QED) is 0.620. The highest BCUT2D eigenvalue weighted by molar-refractivity contribution is 6.03. The van der Waals surface area contributed by atoms with E-state index in [1.807, 2.05) is 6.07 Å². The van der Waals surface area contributed by atoms with Crippen LogP contribution in [-0.4, -0.2) is 5.71 Å². The first-order valence-electron chi connectivity index (χ1n) is 8.80. The highest BCUT2D eigenvalue weighted by atomic mass is 15.0. The molecule has 0 bridgehead atoms. The Bertz CT molecular complexity index is 884. The van der Waals surface area contributed by atoms with Crippen LogP contribution in [0.3, 0.4) is 0 Å². The van der Waals surface area contributed by atoms with Gasteiger partial charge in [-0.25, -0.2) is 0 Å². The van der Waals surface area contributed by atoms with E-state index in [0.717, 1.165) is 29.9 Å². The van der Waals surface area contributed by atoms with Crippen molar-refractivity contribution in [2.75, 3.05) is 5.32 Å². The van der Waals surface area contributed by atoms with E-state index in [0.29, 0.717) is 0 Å². The summed E-state index contributed by atoms with van der Waals surface area (Å²) in [6, 6.07) is 29.5. The highest BCUT2D eigenvalue weighted by Crippen LogP contribution is 2.37. The maximum atomic E-state index is 4.98. The molecule has 2 nitrogen and oxygen atoms in total. The van der Waals surface area contributed by atoms with Crippen LogP contribution >= 0.6 is 0 Å². The molecule has 0 aliphatic carbocycles. The van der Waals surface area contributed by atoms with Crippen molar-refractivity contribution in [3.05, 3.63) is 96.1 Å². The second-order valence-electron chi connectivity index (χ2n) is 6.76. The number of benzene rings is 3. The average Bonchev–Trinajstić information content (AvgIpc) is 2.66. The normalized spacial score (nSPS) is 19.8. The van der Waals surface area contributed by atoms with E-state index in [1.54, 1.807) is 0 Å². The molecule has 1 aliphatic heterocycles. The monoisotopic (exact) mass is 326 g/mol. The van der Waals surface area contributed by atoms with Crippen molar-refractivity contribution < 1.29 is 0 Å². The van der Waals surface area contributed by atoms with Gasteiger partial charge < -0.3 is 5.32 Å². The molecular formula is C23H22N2. The fourth-order valence-electron chi connectivity index (χ4n) is 3.47. The van der Waals surface area contributed by atoms with Gasteiger partial charge in [0.05, 0.1) is 16.9 Å². The number of anilines is 1. The first-order chi connectivity index (χ1) is 12.2. The van der Waals surface area contributed by atoms with Crippen LogP contribution in [0.15, 0.2) is 89.9 Å². The molecule has 0 aromatic heterocycles. The highest BCUT2D eigenvalue weighted by Gasteiger charge is 2.29. The summed E-state index contributed by atoms with van der Waals surface area (Å²) in [6.07, 6.45) is 1.91. The molecule has 0 spiro atoms. The molecular weight excluding hydrogens is 304 g/mol. The van der Waals surface area contributed by atoms with E-state index < -0.39 is 0 Å². The molecule has 3 aromatic carbocycles. The minimum atomic E-state index is -0.132. The Morgan fingerprint density at radius 1 is 0.800 bits per heavy atom. The molecule has 1 unspecified atom stereocenters. The van der Waals surface area contributed by atoms with E-state index >= 15 is 0 Å². The minimum absolute atomic E-state index is 0.132. The van der Waals surface area contributed by atoms with Gasteiger partial charge in [0.25, 0.3) is 0 Å². The van der Waals surface area contributed by atoms with Crippen LogP contribution in [0.5, 0.6) is 0 Å². The Labute approximate surface area is 149 Å². The topological polar surface area (TPSA) is 24.4 Å². The molecule has 2 heteroatoms. The van der Waals surface area contributed by atoms with Crippen LogP contribution in [0.1, 0.15) is 30.9 Å². The zero-order valence-corrected chi connectivity index (χ0v) is 14.4. The molecule has 0 radical (unpaired) electrons. The van der Waals surface area contributed by atoms with Gasteiger partial charge in [0.2, 0.25) is 0 Å². The van der Waals surface area contributed by atoms with Crippen LogP contribution < -0.4 is 5.32 Å². The fourth-order valence-corrected chi connectivity index (χ4v) is 3.47. The summed E-state index contributed by atoms with van der Waals surface area (Å²) in [5.74, 6) is 0. The lowest BCUT2D eigenvalue weighted by Gasteiger charge is -2.35. The standard InChI is InChI=1S/C23H22N2/c1-23(19-12-6-3-7-13-19)17-16-20(18-10-4-2-5-11-18)24-21-14-8-9-15-22(21)25-23/h2-15,25H,16-17H2,1H3. The number of para-hydroxylation sites is 2. The number of fused-ring (bicyclic) bond motifs is 1. The Morgan fingerprint density at radius 2 is 1.44 bits per heavy atom. The molecule has 0 saturated heterocycles. The van der Waals surface area contributed by atoms with E-state index in [-0.39, 0.29) is 5.54 Å². The lowest BCUT2D eigenvalue weighted by molar-refractivity contribution is 0.506. The van der Waals surface area contributed by atoms with Crippen LogP contribution in [0, 0.1) is 0 Å². The molecule has 124 valence electrons. The minimum Gasteiger partial charge on any atom is -0.374 e. The number of hydrogen-bond acceptors (Lipinski definition) is 2. The SMILES string of the molecule is CC1(c2ccccc2)CCC(c2ccccc2)=Nc2ccccc2N1. The molecule has 25 heavy (non-hydrogen) atoms. The summed E-state index contributed by atoms with van der Waals surface area (Å²) in [7, 11) is 0. The predicted octanol–water partition coefficient (Wildman–Crippen LogP) is 5.93. The van der Waals surface area contributed by atoms with Gasteiger partial charge in [0.1, 0.15) is 0 Å². The van der Waals surface area contributed by atoms with Gasteiger partial charge in [-0.15, -0.1) is 0 Å². The lowest BCUT2D eigenvalue weighted by Crippen LogP contribution is -2.33. The van der Waals surface area contributed by atoms with Crippen LogP contribution in [0.2, 0.25) is 0 Å². The second kappa shape index (κ2) is 6.56. The zero-order chi connectivity index (χ0) is 17.1. The summed E-state index contributed by atoms with van der Waals surface area (Å²) >= 11 is 0. The Morgan fingerprint density at radius 3 is 2.20 bits per heavy atom. The number of rotatable bonds is 2. The Kier molecular flexibility index (Phi) is 4.10. The van der Waals surface area contributed by atoms with Crippen LogP contribution in [0.4, 0.5) is 11.4 Å². The second-order valence-corrected chi connectivity index (χ2v) is 6.76. The molecule has 0 amide bonds. The maximum absolute atomic E-state index is 4.98. The van der Waals surface area contributed by atoms with Crippen molar-refractivity contribution in [2.45, 2.75) is 25.3 Å². The Hall–Kier alpha value is -2.87. The average molecular weight is 326 g/mol. The van der Waals surface area contributed by atoms with Crippen molar-refractivity contribution in [2.24, 2.45) is 4.99 Å². The maximum Gasteiger partial charge on any atom is 0.0864 e. The van der Waals surface area contributed by atoms with Crippen molar-refractivity contribution in [3.8, 4) is 0 Å². The third-order valence-corrected chi connectivity index (χ3v) is 4.95. The fraction of sp³-hybridized carbons (Fsp3) is 0.174. The van der Waals surface area contributed by atoms with E-state index in [9.17, 15) is 0 Å². The first kappa shape index (κ1) is 15.6. The van der Waals surface area contributed by atoms with Crippen molar-refractivity contribution in [3.63, 3.8) is 0 Å². The summed E-state index contributed by atoms with van der Waals surface area (Å²) in [5.41, 5.74) is 5.61. The molecule has 3 aromatic rings. The molecule has 0 saturated carbocycles. The summed E-state index contributed by atoms with van der Waals surface area (Å²) in [6.45, 7) is 2.28. The smallest absolute Gasteiger partial charge is 0.0864 e. The van der Waals surface area contributed by atoms with Gasteiger partial charge in [-0.3, -0.25) is 4.99 Å². The van der Waals surface area contributed by atoms with Crippen LogP contribution in [0.25, 0.3) is 0 Å². The van der Waals surface area contributed by atoms with E-state index in [1.165, 1.54) is 11.1 Å². The van der Waals surface area contributed by atoms with Crippen molar-refractivity contribution in [1.82, 2.24) is 0 Å². The molecule has 4 rings (SSSR count). The lowest BCUT2D eigenvalue weighted by atomic mass is 9.84. The molecule has 1 N–H and O–H groups in total. The number of aliphatic imine (C=N–C) groups is 1. The zero-order valence-electron chi connectivity index (χ0n) is 14.4. The molecule has 1 atom stereocenters. The summed E-state index contributed by atoms with van der Waals surface area (Å²) < 4.78 is 0. The third kappa shape index (κ3) is 3.20. The Balaban J connectivity index is 1.81. The number of nitrogens with one attached hydrogen (secondary N) is 1. The van der Waals surface area contributed by atoms with Crippen molar-refractivity contribution >= 4 is 17.1 Å².